The van der Waals surface area contributed by atoms with Crippen LogP contribution in [0.15, 0.2) is 10.6 Å². The van der Waals surface area contributed by atoms with Crippen LogP contribution in [0.1, 0.15) is 47.8 Å². The molecule has 0 unspecified atom stereocenters. The molecule has 2 aliphatic rings. The lowest BCUT2D eigenvalue weighted by Crippen LogP contribution is -2.41. The summed E-state index contributed by atoms with van der Waals surface area (Å²) in [4.78, 5) is 25.1. The molecule has 120 valence electrons. The van der Waals surface area contributed by atoms with Crippen LogP contribution in [0, 0.1) is 5.92 Å². The maximum Gasteiger partial charge on any atom is 0.409 e. The van der Waals surface area contributed by atoms with E-state index in [2.05, 4.69) is 10.5 Å². The lowest BCUT2D eigenvalue weighted by atomic mass is 9.97. The minimum absolute atomic E-state index is 0.189. The topological polar surface area (TPSA) is 84.7 Å². The Morgan fingerprint density at radius 1 is 1.36 bits per heavy atom. The highest BCUT2D eigenvalue weighted by molar-refractivity contribution is 5.92. The third-order valence-electron chi connectivity index (χ3n) is 4.34. The Balaban J connectivity index is 1.42. The van der Waals surface area contributed by atoms with E-state index < -0.39 is 0 Å². The average molecular weight is 307 g/mol. The van der Waals surface area contributed by atoms with Crippen LogP contribution < -0.4 is 5.32 Å². The fourth-order valence-corrected chi connectivity index (χ4v) is 2.73. The van der Waals surface area contributed by atoms with Crippen molar-refractivity contribution in [2.75, 3.05) is 26.7 Å². The zero-order valence-electron chi connectivity index (χ0n) is 12.7. The van der Waals surface area contributed by atoms with Gasteiger partial charge in [-0.25, -0.2) is 4.79 Å². The van der Waals surface area contributed by atoms with Gasteiger partial charge in [0.05, 0.1) is 7.11 Å². The zero-order valence-corrected chi connectivity index (χ0v) is 12.7. The van der Waals surface area contributed by atoms with Crippen molar-refractivity contribution in [3.8, 4) is 0 Å². The molecule has 0 radical (unpaired) electrons. The molecular weight excluding hydrogens is 286 g/mol. The molecule has 3 rings (SSSR count). The Morgan fingerprint density at radius 2 is 2.09 bits per heavy atom. The summed E-state index contributed by atoms with van der Waals surface area (Å²) in [6.07, 6.45) is 3.69. The lowest BCUT2D eigenvalue weighted by Gasteiger charge is -2.30. The molecule has 0 bridgehead atoms. The molecule has 0 aromatic carbocycles. The number of carbonyl (C=O) groups is 2. The number of nitrogens with one attached hydrogen (secondary N) is 1. The second kappa shape index (κ2) is 6.37. The molecule has 7 nitrogen and oxygen atoms in total. The normalized spacial score (nSPS) is 19.0. The highest BCUT2D eigenvalue weighted by Gasteiger charge is 2.29. The summed E-state index contributed by atoms with van der Waals surface area (Å²) in [6, 6.07) is 1.74. The Bertz CT molecular complexity index is 545. The van der Waals surface area contributed by atoms with Crippen molar-refractivity contribution in [1.29, 1.82) is 0 Å². The van der Waals surface area contributed by atoms with E-state index in [9.17, 15) is 9.59 Å². The standard InChI is InChI=1S/C15H21N3O4/c1-21-15(20)18-6-4-10(5-7-18)9-16-14(19)12-8-13(22-17-12)11-2-3-11/h8,10-11H,2-7,9H2,1H3,(H,16,19). The number of aromatic nitrogens is 1. The molecule has 0 spiro atoms. The third-order valence-corrected chi connectivity index (χ3v) is 4.34. The van der Waals surface area contributed by atoms with Crippen molar-refractivity contribution in [2.24, 2.45) is 5.92 Å². The van der Waals surface area contributed by atoms with Crippen molar-refractivity contribution < 1.29 is 18.8 Å². The van der Waals surface area contributed by atoms with Crippen LogP contribution in [0.3, 0.4) is 0 Å². The monoisotopic (exact) mass is 307 g/mol. The van der Waals surface area contributed by atoms with E-state index in [1.165, 1.54) is 7.11 Å². The predicted molar refractivity (Wildman–Crippen MR) is 77.5 cm³/mol. The second-order valence-corrected chi connectivity index (χ2v) is 6.00. The van der Waals surface area contributed by atoms with E-state index in [0.29, 0.717) is 37.2 Å². The molecule has 2 fully saturated rings. The fourth-order valence-electron chi connectivity index (χ4n) is 2.73. The van der Waals surface area contributed by atoms with E-state index >= 15 is 0 Å². The number of likely N-dealkylation sites (tertiary alicyclic amines) is 1. The molecule has 1 aromatic heterocycles. The maximum atomic E-state index is 12.0. The highest BCUT2D eigenvalue weighted by atomic mass is 16.5. The smallest absolute Gasteiger partial charge is 0.409 e. The van der Waals surface area contributed by atoms with Crippen molar-refractivity contribution in [3.05, 3.63) is 17.5 Å². The first-order valence-corrected chi connectivity index (χ1v) is 7.75. The molecule has 1 saturated carbocycles. The van der Waals surface area contributed by atoms with Gasteiger partial charge in [-0.15, -0.1) is 0 Å². The lowest BCUT2D eigenvalue weighted by molar-refractivity contribution is 0.0906. The van der Waals surface area contributed by atoms with Crippen LogP contribution in [-0.2, 0) is 4.74 Å². The van der Waals surface area contributed by atoms with Gasteiger partial charge in [0.2, 0.25) is 0 Å². The van der Waals surface area contributed by atoms with Crippen molar-refractivity contribution >= 4 is 12.0 Å². The van der Waals surface area contributed by atoms with Gasteiger partial charge in [-0.3, -0.25) is 4.79 Å². The molecule has 1 aliphatic heterocycles. The number of carbonyl (C=O) groups excluding carboxylic acids is 2. The minimum atomic E-state index is -0.280. The summed E-state index contributed by atoms with van der Waals surface area (Å²) in [7, 11) is 1.39. The molecule has 2 heterocycles. The number of nitrogens with zero attached hydrogens (tertiary/aromatic N) is 2. The van der Waals surface area contributed by atoms with Gasteiger partial charge in [-0.05, 0) is 31.6 Å². The fraction of sp³-hybridized carbons (Fsp3) is 0.667. The Kier molecular flexibility index (Phi) is 4.31. The van der Waals surface area contributed by atoms with Crippen LogP contribution in [-0.4, -0.2) is 48.8 Å². The van der Waals surface area contributed by atoms with E-state index in [4.69, 9.17) is 9.26 Å². The Hall–Kier alpha value is -2.05. The molecule has 1 aliphatic carbocycles. The molecule has 7 heteroatoms. The number of ether oxygens (including phenoxy) is 1. The molecule has 0 atom stereocenters. The predicted octanol–water partition coefficient (Wildman–Crippen LogP) is 1.76. The number of rotatable bonds is 4. The largest absolute Gasteiger partial charge is 0.453 e. The van der Waals surface area contributed by atoms with Crippen LogP contribution in [0.5, 0.6) is 0 Å². The maximum absolute atomic E-state index is 12.0. The van der Waals surface area contributed by atoms with E-state index in [1.54, 1.807) is 11.0 Å². The van der Waals surface area contributed by atoms with Crippen molar-refractivity contribution in [3.63, 3.8) is 0 Å². The minimum Gasteiger partial charge on any atom is -0.453 e. The summed E-state index contributed by atoms with van der Waals surface area (Å²) >= 11 is 0. The van der Waals surface area contributed by atoms with Crippen molar-refractivity contribution in [2.45, 2.75) is 31.6 Å². The van der Waals surface area contributed by atoms with Gasteiger partial charge in [0, 0.05) is 31.6 Å². The molecule has 22 heavy (non-hydrogen) atoms. The first-order chi connectivity index (χ1) is 10.7. The first kappa shape index (κ1) is 14.9. The number of hydrogen-bond acceptors (Lipinski definition) is 5. The summed E-state index contributed by atoms with van der Waals surface area (Å²) in [5, 5.41) is 6.73. The van der Waals surface area contributed by atoms with Gasteiger partial charge < -0.3 is 19.5 Å². The van der Waals surface area contributed by atoms with Crippen LogP contribution in [0.4, 0.5) is 4.79 Å². The van der Waals surface area contributed by atoms with Crippen molar-refractivity contribution in [1.82, 2.24) is 15.4 Å². The molecule has 1 N–H and O–H groups in total. The Labute approximate surface area is 129 Å². The van der Waals surface area contributed by atoms with Gasteiger partial charge in [-0.1, -0.05) is 5.16 Å². The second-order valence-electron chi connectivity index (χ2n) is 6.00. The van der Waals surface area contributed by atoms with Gasteiger partial charge >= 0.3 is 6.09 Å². The third kappa shape index (κ3) is 3.40. The quantitative estimate of drug-likeness (QED) is 0.916. The van der Waals surface area contributed by atoms with Crippen LogP contribution >= 0.6 is 0 Å². The molecule has 1 aromatic rings. The van der Waals surface area contributed by atoms with Gasteiger partial charge in [0.15, 0.2) is 5.69 Å². The van der Waals surface area contributed by atoms with E-state index in [1.807, 2.05) is 0 Å². The average Bonchev–Trinajstić information content (AvgIpc) is 3.29. The summed E-state index contributed by atoms with van der Waals surface area (Å²) in [5.41, 5.74) is 0.355. The summed E-state index contributed by atoms with van der Waals surface area (Å²) < 4.78 is 9.89. The van der Waals surface area contributed by atoms with E-state index in [0.717, 1.165) is 31.4 Å². The molecular formula is C15H21N3O4. The van der Waals surface area contributed by atoms with E-state index in [-0.39, 0.29) is 12.0 Å². The molecule has 1 saturated heterocycles. The number of amides is 2. The zero-order chi connectivity index (χ0) is 15.5. The molecule has 2 amide bonds. The first-order valence-electron chi connectivity index (χ1n) is 7.75. The Morgan fingerprint density at radius 3 is 2.73 bits per heavy atom. The highest BCUT2D eigenvalue weighted by Crippen LogP contribution is 2.40. The SMILES string of the molecule is COC(=O)N1CCC(CNC(=O)c2cc(C3CC3)on2)CC1. The summed E-state index contributed by atoms with van der Waals surface area (Å²) in [6.45, 7) is 1.94. The van der Waals surface area contributed by atoms with Gasteiger partial charge in [0.25, 0.3) is 5.91 Å². The van der Waals surface area contributed by atoms with Gasteiger partial charge in [0.1, 0.15) is 5.76 Å². The van der Waals surface area contributed by atoms with Gasteiger partial charge in [-0.2, -0.15) is 0 Å². The number of piperidine rings is 1. The number of hydrogen-bond donors (Lipinski definition) is 1. The van der Waals surface area contributed by atoms with Crippen LogP contribution in [0.25, 0.3) is 0 Å². The van der Waals surface area contributed by atoms with Crippen LogP contribution in [0.2, 0.25) is 0 Å². The number of methoxy groups -OCH3 is 1. The summed E-state index contributed by atoms with van der Waals surface area (Å²) in [5.74, 6) is 1.46.